The fourth-order valence-corrected chi connectivity index (χ4v) is 1.80. The van der Waals surface area contributed by atoms with E-state index in [9.17, 15) is 0 Å². The molecule has 1 aliphatic rings. The predicted octanol–water partition coefficient (Wildman–Crippen LogP) is 1.66. The number of halogens is 2. The number of hydrogen-bond acceptors (Lipinski definition) is 4. The summed E-state index contributed by atoms with van der Waals surface area (Å²) in [5.74, 6) is 0. The third-order valence-corrected chi connectivity index (χ3v) is 2.78. The van der Waals surface area contributed by atoms with E-state index in [0.717, 1.165) is 25.1 Å². The zero-order valence-electron chi connectivity index (χ0n) is 8.04. The molecule has 1 fully saturated rings. The topological polar surface area (TPSA) is 47.0 Å². The van der Waals surface area contributed by atoms with Crippen molar-refractivity contribution in [3.63, 3.8) is 0 Å². The molecule has 1 unspecified atom stereocenters. The van der Waals surface area contributed by atoms with Crippen LogP contribution in [0.15, 0.2) is 6.20 Å². The highest BCUT2D eigenvalue weighted by Crippen LogP contribution is 2.16. The van der Waals surface area contributed by atoms with Crippen molar-refractivity contribution in [3.8, 4) is 0 Å². The third kappa shape index (κ3) is 3.01. The molecule has 1 aromatic rings. The van der Waals surface area contributed by atoms with Crippen molar-refractivity contribution >= 4 is 23.2 Å². The predicted molar refractivity (Wildman–Crippen MR) is 58.1 cm³/mol. The maximum absolute atomic E-state index is 5.88. The largest absolute Gasteiger partial charge is 0.372 e. The van der Waals surface area contributed by atoms with Crippen LogP contribution in [0.4, 0.5) is 0 Å². The van der Waals surface area contributed by atoms with Crippen molar-refractivity contribution in [2.75, 3.05) is 13.1 Å². The van der Waals surface area contributed by atoms with Gasteiger partial charge in [-0.25, -0.2) is 9.97 Å². The average molecular weight is 248 g/mol. The van der Waals surface area contributed by atoms with Crippen LogP contribution in [0.1, 0.15) is 12.0 Å². The summed E-state index contributed by atoms with van der Waals surface area (Å²) in [6.07, 6.45) is 2.89. The molecule has 2 heterocycles. The number of rotatable bonds is 3. The van der Waals surface area contributed by atoms with E-state index in [1.807, 2.05) is 0 Å². The van der Waals surface area contributed by atoms with Crippen molar-refractivity contribution in [3.05, 3.63) is 22.2 Å². The lowest BCUT2D eigenvalue weighted by molar-refractivity contribution is 0.0539. The maximum Gasteiger partial charge on any atom is 0.223 e. The quantitative estimate of drug-likeness (QED) is 0.652. The summed E-state index contributed by atoms with van der Waals surface area (Å²) in [5.41, 5.74) is 0.771. The Balaban J connectivity index is 1.92. The number of nitrogens with one attached hydrogen (secondary N) is 1. The van der Waals surface area contributed by atoms with Gasteiger partial charge in [-0.2, -0.15) is 0 Å². The molecule has 4 nitrogen and oxygen atoms in total. The van der Waals surface area contributed by atoms with Crippen molar-refractivity contribution in [2.45, 2.75) is 19.1 Å². The van der Waals surface area contributed by atoms with Gasteiger partial charge in [-0.3, -0.25) is 0 Å². The van der Waals surface area contributed by atoms with Crippen LogP contribution < -0.4 is 5.32 Å². The van der Waals surface area contributed by atoms with Gasteiger partial charge in [0.05, 0.1) is 12.7 Å². The molecule has 0 saturated carbocycles. The zero-order valence-corrected chi connectivity index (χ0v) is 9.55. The molecule has 0 aliphatic carbocycles. The summed E-state index contributed by atoms with van der Waals surface area (Å²) >= 11 is 11.5. The molecule has 1 N–H and O–H groups in total. The molecule has 1 atom stereocenters. The smallest absolute Gasteiger partial charge is 0.223 e. The van der Waals surface area contributed by atoms with Gasteiger partial charge in [-0.05, 0) is 24.6 Å². The first kappa shape index (κ1) is 11.1. The van der Waals surface area contributed by atoms with Gasteiger partial charge >= 0.3 is 0 Å². The monoisotopic (exact) mass is 247 g/mol. The number of ether oxygens (including phenoxy) is 1. The van der Waals surface area contributed by atoms with Crippen LogP contribution in [0.3, 0.4) is 0 Å². The number of nitrogens with zero attached hydrogens (tertiary/aromatic N) is 2. The Labute approximate surface area is 98.0 Å². The first-order valence-electron chi connectivity index (χ1n) is 4.75. The fraction of sp³-hybridized carbons (Fsp3) is 0.556. The van der Waals surface area contributed by atoms with E-state index in [4.69, 9.17) is 27.9 Å². The Kier molecular flexibility index (Phi) is 3.75. The lowest BCUT2D eigenvalue weighted by Gasteiger charge is -2.10. The fourth-order valence-electron chi connectivity index (χ4n) is 1.44. The van der Waals surface area contributed by atoms with Crippen LogP contribution in [-0.4, -0.2) is 29.2 Å². The summed E-state index contributed by atoms with van der Waals surface area (Å²) < 4.78 is 5.64. The second kappa shape index (κ2) is 5.07. The Morgan fingerprint density at radius 3 is 3.07 bits per heavy atom. The third-order valence-electron chi connectivity index (χ3n) is 2.27. The molecule has 2 rings (SSSR count). The molecule has 0 bridgehead atoms. The Morgan fingerprint density at radius 2 is 2.40 bits per heavy atom. The average Bonchev–Trinajstić information content (AvgIpc) is 2.69. The maximum atomic E-state index is 5.88. The van der Waals surface area contributed by atoms with Crippen molar-refractivity contribution in [2.24, 2.45) is 0 Å². The molecule has 1 aliphatic heterocycles. The van der Waals surface area contributed by atoms with Gasteiger partial charge in [-0.15, -0.1) is 0 Å². The molecule has 6 heteroatoms. The normalized spacial score (nSPS) is 20.8. The van der Waals surface area contributed by atoms with E-state index in [2.05, 4.69) is 15.3 Å². The molecule has 82 valence electrons. The van der Waals surface area contributed by atoms with Gasteiger partial charge < -0.3 is 10.1 Å². The molecular weight excluding hydrogens is 237 g/mol. The summed E-state index contributed by atoms with van der Waals surface area (Å²) in [4.78, 5) is 7.70. The van der Waals surface area contributed by atoms with E-state index in [0.29, 0.717) is 11.8 Å². The van der Waals surface area contributed by atoms with Crippen LogP contribution in [0.2, 0.25) is 10.4 Å². The van der Waals surface area contributed by atoms with Crippen LogP contribution in [0, 0.1) is 0 Å². The van der Waals surface area contributed by atoms with E-state index in [1.54, 1.807) is 6.20 Å². The second-order valence-corrected chi connectivity index (χ2v) is 4.08. The molecule has 0 amide bonds. The molecule has 0 radical (unpaired) electrons. The minimum absolute atomic E-state index is 0.159. The first-order valence-corrected chi connectivity index (χ1v) is 5.50. The molecule has 0 aromatic carbocycles. The van der Waals surface area contributed by atoms with Gasteiger partial charge in [0.2, 0.25) is 5.28 Å². The van der Waals surface area contributed by atoms with Gasteiger partial charge in [0, 0.05) is 18.3 Å². The van der Waals surface area contributed by atoms with Gasteiger partial charge in [0.15, 0.2) is 0 Å². The summed E-state index contributed by atoms with van der Waals surface area (Å²) in [5, 5.41) is 3.74. The number of aromatic nitrogens is 2. The van der Waals surface area contributed by atoms with Gasteiger partial charge in [0.1, 0.15) is 5.15 Å². The van der Waals surface area contributed by atoms with Crippen molar-refractivity contribution in [1.29, 1.82) is 0 Å². The Bertz CT molecular complexity index is 342. The molecule has 0 spiro atoms. The van der Waals surface area contributed by atoms with E-state index < -0.39 is 0 Å². The molecular formula is C9H11Cl2N3O. The zero-order chi connectivity index (χ0) is 10.7. The van der Waals surface area contributed by atoms with E-state index >= 15 is 0 Å². The highest BCUT2D eigenvalue weighted by atomic mass is 35.5. The Morgan fingerprint density at radius 1 is 1.53 bits per heavy atom. The van der Waals surface area contributed by atoms with Crippen LogP contribution in [0.25, 0.3) is 0 Å². The minimum atomic E-state index is 0.159. The van der Waals surface area contributed by atoms with E-state index in [1.165, 1.54) is 0 Å². The van der Waals surface area contributed by atoms with Crippen LogP contribution in [-0.2, 0) is 11.3 Å². The molecule has 1 aromatic heterocycles. The van der Waals surface area contributed by atoms with Crippen LogP contribution in [0.5, 0.6) is 0 Å². The van der Waals surface area contributed by atoms with Gasteiger partial charge in [-0.1, -0.05) is 11.6 Å². The van der Waals surface area contributed by atoms with E-state index in [-0.39, 0.29) is 11.4 Å². The second-order valence-electron chi connectivity index (χ2n) is 3.38. The lowest BCUT2D eigenvalue weighted by atomic mass is 10.3. The molecule has 1 saturated heterocycles. The lowest BCUT2D eigenvalue weighted by Crippen LogP contribution is -2.16. The standard InChI is InChI=1S/C9H11Cl2N3O/c10-8-6(3-13-9(11)14-8)5-15-7-1-2-12-4-7/h3,7,12H,1-2,4-5H2. The SMILES string of the molecule is Clc1ncc(COC2CCNC2)c(Cl)n1. The van der Waals surface area contributed by atoms with Crippen molar-refractivity contribution in [1.82, 2.24) is 15.3 Å². The highest BCUT2D eigenvalue weighted by Gasteiger charge is 2.15. The van der Waals surface area contributed by atoms with Gasteiger partial charge in [0.25, 0.3) is 0 Å². The first-order chi connectivity index (χ1) is 7.25. The summed E-state index contributed by atoms with van der Waals surface area (Å²) in [6, 6.07) is 0. The minimum Gasteiger partial charge on any atom is -0.372 e. The summed E-state index contributed by atoms with van der Waals surface area (Å²) in [6.45, 7) is 2.34. The highest BCUT2D eigenvalue weighted by molar-refractivity contribution is 6.32. The van der Waals surface area contributed by atoms with Crippen LogP contribution >= 0.6 is 23.2 Å². The number of hydrogen-bond donors (Lipinski definition) is 1. The Hall–Kier alpha value is -0.420. The van der Waals surface area contributed by atoms with Crippen molar-refractivity contribution < 1.29 is 4.74 Å². The molecule has 15 heavy (non-hydrogen) atoms. The summed E-state index contributed by atoms with van der Waals surface area (Å²) in [7, 11) is 0.